The van der Waals surface area contributed by atoms with Crippen LogP contribution in [0.5, 0.6) is 0 Å². The van der Waals surface area contributed by atoms with Gasteiger partial charge in [-0.05, 0) is 24.3 Å². The van der Waals surface area contributed by atoms with E-state index in [1.807, 2.05) is 12.2 Å². The van der Waals surface area contributed by atoms with E-state index in [9.17, 15) is 9.59 Å². The summed E-state index contributed by atoms with van der Waals surface area (Å²) in [5.74, 6) is -0.000363. The van der Waals surface area contributed by atoms with Crippen LogP contribution in [-0.4, -0.2) is 24.7 Å². The third-order valence-electron chi connectivity index (χ3n) is 2.77. The fourth-order valence-corrected chi connectivity index (χ4v) is 1.71. The molecular weight excluding hydrogens is 334 g/mol. The zero-order chi connectivity index (χ0) is 14.2. The van der Waals surface area contributed by atoms with Gasteiger partial charge in [0.2, 0.25) is 0 Å². The third kappa shape index (κ3) is 6.76. The van der Waals surface area contributed by atoms with Gasteiger partial charge in [0.05, 0.1) is 0 Å². The van der Waals surface area contributed by atoms with Gasteiger partial charge in [-0.2, -0.15) is 0 Å². The maximum atomic E-state index is 11.4. The number of carbonyl (C=O) groups is 2. The van der Waals surface area contributed by atoms with Gasteiger partial charge in [-0.15, -0.1) is 0 Å². The molecule has 0 amide bonds. The van der Waals surface area contributed by atoms with Crippen molar-refractivity contribution in [3.63, 3.8) is 0 Å². The molecule has 0 saturated heterocycles. The van der Waals surface area contributed by atoms with Crippen LogP contribution in [0, 0.1) is 0 Å². The molecule has 2 aliphatic carbocycles. The van der Waals surface area contributed by atoms with Crippen molar-refractivity contribution < 1.29 is 55.9 Å². The molecule has 0 aromatic rings. The molecule has 0 saturated carbocycles. The molecule has 0 unspecified atom stereocenters. The Morgan fingerprint density at radius 2 is 1.09 bits per heavy atom. The molecule has 1 radical (unpaired) electrons. The van der Waals surface area contributed by atoms with Crippen molar-refractivity contribution in [1.29, 1.82) is 0 Å². The first kappa shape index (κ1) is 20.9. The van der Waals surface area contributed by atoms with Crippen molar-refractivity contribution in [2.45, 2.75) is 0 Å². The Labute approximate surface area is 162 Å². The van der Waals surface area contributed by atoms with E-state index in [4.69, 9.17) is 0 Å². The molecule has 2 N–H and O–H groups in total. The molecule has 2 aliphatic rings. The van der Waals surface area contributed by atoms with Crippen LogP contribution in [-0.2, 0) is 26.4 Å². The zero-order valence-electron chi connectivity index (χ0n) is 12.3. The number of nitrogens with one attached hydrogen (secondary N) is 2. The number of ketones is 2. The fraction of sp³-hybridized carbons (Fsp3) is 0.125. The minimum Gasteiger partial charge on any atom is -0.389 e. The summed E-state index contributed by atoms with van der Waals surface area (Å²) >= 11 is 0. The number of hydrogen-bond acceptors (Lipinski definition) is 4. The summed E-state index contributed by atoms with van der Waals surface area (Å²) < 4.78 is 0. The Bertz CT molecular complexity index is 535. The molecule has 0 aromatic heterocycles. The van der Waals surface area contributed by atoms with Gasteiger partial charge < -0.3 is 10.6 Å². The van der Waals surface area contributed by atoms with Crippen molar-refractivity contribution >= 4 is 11.6 Å². The van der Waals surface area contributed by atoms with Crippen molar-refractivity contribution in [2.24, 2.45) is 0 Å². The Morgan fingerprint density at radius 1 is 0.727 bits per heavy atom. The van der Waals surface area contributed by atoms with Crippen molar-refractivity contribution in [3.8, 4) is 0 Å². The number of carbonyl (C=O) groups excluding carboxylic acids is 2. The number of hydrogen-bond donors (Lipinski definition) is 2. The molecule has 0 spiro atoms. The molecule has 22 heavy (non-hydrogen) atoms. The molecule has 0 aromatic carbocycles. The second-order valence-corrected chi connectivity index (χ2v) is 4.27. The smallest absolute Gasteiger partial charge is 0.389 e. The molecule has 0 aliphatic heterocycles. The second kappa shape index (κ2) is 11.5. The van der Waals surface area contributed by atoms with Crippen molar-refractivity contribution in [2.75, 3.05) is 13.1 Å². The van der Waals surface area contributed by atoms with Crippen LogP contribution in [0.25, 0.3) is 0 Å². The van der Waals surface area contributed by atoms with Gasteiger partial charge in [-0.3, -0.25) is 9.59 Å². The van der Waals surface area contributed by atoms with Gasteiger partial charge in [0.25, 0.3) is 0 Å². The third-order valence-corrected chi connectivity index (χ3v) is 2.77. The Hall–Kier alpha value is -1.11. The molecule has 0 bridgehead atoms. The van der Waals surface area contributed by atoms with Crippen LogP contribution in [0.1, 0.15) is 0 Å². The summed E-state index contributed by atoms with van der Waals surface area (Å²) in [5.41, 5.74) is 1.28. The molecular formula is C16H16CoN2NaO2+. The van der Waals surface area contributed by atoms with E-state index in [2.05, 4.69) is 10.6 Å². The second-order valence-electron chi connectivity index (χ2n) is 4.27. The minimum absolute atomic E-state index is 0. The Balaban J connectivity index is 0.00000220. The van der Waals surface area contributed by atoms with E-state index in [0.29, 0.717) is 24.2 Å². The Morgan fingerprint density at radius 3 is 1.45 bits per heavy atom. The van der Waals surface area contributed by atoms with Crippen molar-refractivity contribution in [1.82, 2.24) is 10.6 Å². The molecule has 2 rings (SSSR count). The molecule has 0 heterocycles. The van der Waals surface area contributed by atoms with Crippen LogP contribution in [0.3, 0.4) is 0 Å². The van der Waals surface area contributed by atoms with Crippen LogP contribution >= 0.6 is 0 Å². The first-order chi connectivity index (χ1) is 9.77. The van der Waals surface area contributed by atoms with Gasteiger partial charge in [-0.25, -0.2) is 0 Å². The average molecular weight is 350 g/mol. The summed E-state index contributed by atoms with van der Waals surface area (Å²) in [6.45, 7) is 1.32. The van der Waals surface area contributed by atoms with Crippen LogP contribution in [0.2, 0.25) is 0 Å². The van der Waals surface area contributed by atoms with E-state index < -0.39 is 0 Å². The zero-order valence-corrected chi connectivity index (χ0v) is 15.4. The molecule has 0 fully saturated rings. The normalized spacial score (nSPS) is 19.1. The first-order valence-corrected chi connectivity index (χ1v) is 6.42. The molecule has 0 atom stereocenters. The number of allylic oxidation sites excluding steroid dienone is 10. The van der Waals surface area contributed by atoms with Gasteiger partial charge in [0, 0.05) is 53.4 Å². The minimum atomic E-state index is -0.000182. The van der Waals surface area contributed by atoms with Gasteiger partial charge in [-0.1, -0.05) is 24.3 Å². The van der Waals surface area contributed by atoms with Crippen LogP contribution in [0.4, 0.5) is 0 Å². The predicted octanol–water partition coefficient (Wildman–Crippen LogP) is -1.67. The largest absolute Gasteiger partial charge is 1.00 e. The quantitative estimate of drug-likeness (QED) is 0.354. The topological polar surface area (TPSA) is 58.2 Å². The summed E-state index contributed by atoms with van der Waals surface area (Å²) in [4.78, 5) is 22.9. The summed E-state index contributed by atoms with van der Waals surface area (Å²) in [6, 6.07) is 0. The van der Waals surface area contributed by atoms with Crippen molar-refractivity contribution in [3.05, 3.63) is 72.2 Å². The van der Waals surface area contributed by atoms with Gasteiger partial charge >= 0.3 is 29.6 Å². The summed E-state index contributed by atoms with van der Waals surface area (Å²) in [7, 11) is 0. The fourth-order valence-electron chi connectivity index (χ4n) is 1.71. The van der Waals surface area contributed by atoms with Gasteiger partial charge in [0.1, 0.15) is 0 Å². The van der Waals surface area contributed by atoms with E-state index in [-0.39, 0.29) is 57.9 Å². The van der Waals surface area contributed by atoms with Crippen LogP contribution < -0.4 is 40.2 Å². The molecule has 4 nitrogen and oxygen atoms in total. The van der Waals surface area contributed by atoms with E-state index >= 15 is 0 Å². The van der Waals surface area contributed by atoms with Crippen LogP contribution in [0.15, 0.2) is 72.2 Å². The Kier molecular flexibility index (Phi) is 10.9. The predicted molar refractivity (Wildman–Crippen MR) is 78.7 cm³/mol. The van der Waals surface area contributed by atoms with E-state index in [1.165, 1.54) is 12.2 Å². The summed E-state index contributed by atoms with van der Waals surface area (Å²) in [6.07, 6.45) is 17.1. The molecule has 6 heteroatoms. The monoisotopic (exact) mass is 350 g/mol. The van der Waals surface area contributed by atoms with Gasteiger partial charge in [0.15, 0.2) is 11.6 Å². The van der Waals surface area contributed by atoms with E-state index in [0.717, 1.165) is 0 Å². The SMILES string of the molecule is O=C1C=CC=C/C1=C/NCCN/C=C1/C=CC=CC1=O.[Co].[Na+]. The maximum Gasteiger partial charge on any atom is 1.00 e. The average Bonchev–Trinajstić information content (AvgIpc) is 2.46. The molecule has 111 valence electrons. The standard InChI is InChI=1S/C16H16N2O2.Co.Na/c19-15-7-3-1-5-13(15)11-17-9-10-18-12-14-6-2-4-8-16(14)20;;/h1-8,11-12,17-18H,9-10H2;;/q;;+1/b13-11-,14-12-;;. The first-order valence-electron chi connectivity index (χ1n) is 6.42. The van der Waals surface area contributed by atoms with E-state index in [1.54, 1.807) is 36.7 Å². The number of rotatable bonds is 5. The summed E-state index contributed by atoms with van der Waals surface area (Å²) in [5, 5.41) is 6.12. The maximum absolute atomic E-state index is 11.4.